The summed E-state index contributed by atoms with van der Waals surface area (Å²) in [4.78, 5) is 25.0. The Hall–Kier alpha value is -1.26. The fraction of sp³-hybridized carbons (Fsp3) is 0.846. The van der Waals surface area contributed by atoms with Crippen LogP contribution in [0.15, 0.2) is 0 Å². The van der Waals surface area contributed by atoms with Gasteiger partial charge in [0, 0.05) is 5.54 Å². The Kier molecular flexibility index (Phi) is 3.03. The Balaban J connectivity index is 2.19. The molecule has 1 N–H and O–H groups in total. The largest absolute Gasteiger partial charge is 0.480 e. The highest BCUT2D eigenvalue weighted by Gasteiger charge is 2.55. The number of carbonyl (C=O) groups is 2. The van der Waals surface area contributed by atoms with Gasteiger partial charge in [0.15, 0.2) is 0 Å². The summed E-state index contributed by atoms with van der Waals surface area (Å²) in [6, 6.07) is -0.722. The predicted octanol–water partition coefficient (Wildman–Crippen LogP) is 2.39. The zero-order valence-electron chi connectivity index (χ0n) is 11.2. The van der Waals surface area contributed by atoms with Crippen molar-refractivity contribution in [3.8, 4) is 0 Å². The van der Waals surface area contributed by atoms with Crippen molar-refractivity contribution in [3.05, 3.63) is 0 Å². The fourth-order valence-electron chi connectivity index (χ4n) is 2.93. The number of carboxylic acids is 1. The summed E-state index contributed by atoms with van der Waals surface area (Å²) in [5, 5.41) is 9.23. The first-order valence-corrected chi connectivity index (χ1v) is 6.50. The number of amides is 1. The summed E-state index contributed by atoms with van der Waals surface area (Å²) >= 11 is 0. The van der Waals surface area contributed by atoms with Crippen LogP contribution in [-0.4, -0.2) is 39.3 Å². The molecule has 2 aliphatic rings. The highest BCUT2D eigenvalue weighted by molar-refractivity contribution is 5.82. The number of aliphatic carboxylic acids is 1. The Morgan fingerprint density at radius 2 is 1.89 bits per heavy atom. The maximum atomic E-state index is 12.2. The molecule has 0 radical (unpaired) electrons. The van der Waals surface area contributed by atoms with Crippen molar-refractivity contribution in [1.29, 1.82) is 0 Å². The molecule has 1 amide bonds. The Bertz CT molecular complexity index is 368. The quantitative estimate of drug-likeness (QED) is 0.781. The van der Waals surface area contributed by atoms with Gasteiger partial charge in [0.25, 0.3) is 0 Å². The average molecular weight is 255 g/mol. The van der Waals surface area contributed by atoms with Crippen molar-refractivity contribution in [2.24, 2.45) is 0 Å². The highest BCUT2D eigenvalue weighted by atomic mass is 16.6. The van der Waals surface area contributed by atoms with Gasteiger partial charge in [-0.05, 0) is 52.9 Å². The van der Waals surface area contributed by atoms with Gasteiger partial charge in [0.2, 0.25) is 0 Å². The minimum Gasteiger partial charge on any atom is -0.480 e. The Labute approximate surface area is 107 Å². The van der Waals surface area contributed by atoms with Crippen LogP contribution in [0.4, 0.5) is 4.79 Å². The molecular formula is C13H21NO4. The number of likely N-dealkylation sites (tertiary alicyclic amines) is 1. The van der Waals surface area contributed by atoms with Crippen LogP contribution < -0.4 is 0 Å². The molecule has 0 aromatic rings. The predicted molar refractivity (Wildman–Crippen MR) is 65.3 cm³/mol. The lowest BCUT2D eigenvalue weighted by Gasteiger charge is -2.46. The number of hydrogen-bond donors (Lipinski definition) is 1. The summed E-state index contributed by atoms with van der Waals surface area (Å²) in [7, 11) is 0. The van der Waals surface area contributed by atoms with Gasteiger partial charge in [-0.3, -0.25) is 4.90 Å². The monoisotopic (exact) mass is 255 g/mol. The van der Waals surface area contributed by atoms with Crippen molar-refractivity contribution >= 4 is 12.1 Å². The second kappa shape index (κ2) is 4.14. The van der Waals surface area contributed by atoms with Gasteiger partial charge in [-0.1, -0.05) is 0 Å². The van der Waals surface area contributed by atoms with Gasteiger partial charge in [0.05, 0.1) is 0 Å². The molecule has 5 nitrogen and oxygen atoms in total. The molecule has 5 heteroatoms. The molecule has 2 rings (SSSR count). The van der Waals surface area contributed by atoms with Crippen LogP contribution in [0.2, 0.25) is 0 Å². The molecule has 1 spiro atoms. The van der Waals surface area contributed by atoms with E-state index in [1.165, 1.54) is 4.90 Å². The number of carbonyl (C=O) groups excluding carboxylic acids is 1. The van der Waals surface area contributed by atoms with E-state index in [1.54, 1.807) is 20.8 Å². The number of carboxylic acid groups (broad SMARTS) is 1. The zero-order chi connectivity index (χ0) is 13.6. The van der Waals surface area contributed by atoms with Crippen LogP contribution in [0.25, 0.3) is 0 Å². The SMILES string of the molecule is CC(C)(C)OC(=O)N1C(C(=O)O)CCC12CCC2. The lowest BCUT2D eigenvalue weighted by atomic mass is 9.75. The Morgan fingerprint density at radius 1 is 1.28 bits per heavy atom. The molecule has 18 heavy (non-hydrogen) atoms. The van der Waals surface area contributed by atoms with Crippen molar-refractivity contribution < 1.29 is 19.4 Å². The summed E-state index contributed by atoms with van der Waals surface area (Å²) in [6.45, 7) is 5.39. The smallest absolute Gasteiger partial charge is 0.411 e. The third-order valence-corrected chi connectivity index (χ3v) is 3.87. The summed E-state index contributed by atoms with van der Waals surface area (Å²) in [5.41, 5.74) is -0.834. The molecule has 1 aliphatic heterocycles. The minimum absolute atomic E-state index is 0.245. The Morgan fingerprint density at radius 3 is 2.28 bits per heavy atom. The summed E-state index contributed by atoms with van der Waals surface area (Å²) < 4.78 is 5.36. The molecule has 0 bridgehead atoms. The van der Waals surface area contributed by atoms with E-state index in [2.05, 4.69) is 0 Å². The molecule has 102 valence electrons. The van der Waals surface area contributed by atoms with Crippen LogP contribution >= 0.6 is 0 Å². The molecule has 2 fully saturated rings. The van der Waals surface area contributed by atoms with Gasteiger partial charge >= 0.3 is 12.1 Å². The lowest BCUT2D eigenvalue weighted by molar-refractivity contribution is -0.144. The second-order valence-electron chi connectivity index (χ2n) is 6.32. The average Bonchev–Trinajstić information content (AvgIpc) is 2.53. The van der Waals surface area contributed by atoms with E-state index >= 15 is 0 Å². The van der Waals surface area contributed by atoms with Crippen molar-refractivity contribution in [2.45, 2.75) is 70.1 Å². The number of ether oxygens (including phenoxy) is 1. The number of nitrogens with zero attached hydrogens (tertiary/aromatic N) is 1. The first-order chi connectivity index (χ1) is 8.25. The van der Waals surface area contributed by atoms with Crippen LogP contribution in [-0.2, 0) is 9.53 Å². The van der Waals surface area contributed by atoms with Crippen LogP contribution in [0, 0.1) is 0 Å². The number of rotatable bonds is 1. The van der Waals surface area contributed by atoms with E-state index in [-0.39, 0.29) is 5.54 Å². The number of hydrogen-bond acceptors (Lipinski definition) is 3. The third kappa shape index (κ3) is 2.18. The molecule has 0 aromatic carbocycles. The second-order valence-corrected chi connectivity index (χ2v) is 6.32. The summed E-state index contributed by atoms with van der Waals surface area (Å²) in [6.07, 6.45) is 3.70. The molecule has 1 aliphatic carbocycles. The maximum absolute atomic E-state index is 12.2. The van der Waals surface area contributed by atoms with Gasteiger partial charge in [0.1, 0.15) is 11.6 Å². The van der Waals surface area contributed by atoms with Gasteiger partial charge < -0.3 is 9.84 Å². The molecule has 1 saturated carbocycles. The lowest BCUT2D eigenvalue weighted by Crippen LogP contribution is -2.57. The molecular weight excluding hydrogens is 234 g/mol. The standard InChI is InChI=1S/C13H21NO4/c1-12(2,3)18-11(17)14-9(10(15)16)5-8-13(14)6-4-7-13/h9H,4-8H2,1-3H3,(H,15,16). The third-order valence-electron chi connectivity index (χ3n) is 3.87. The van der Waals surface area contributed by atoms with E-state index in [0.29, 0.717) is 6.42 Å². The summed E-state index contributed by atoms with van der Waals surface area (Å²) in [5.74, 6) is -0.926. The van der Waals surface area contributed by atoms with Crippen LogP contribution in [0.3, 0.4) is 0 Å². The zero-order valence-corrected chi connectivity index (χ0v) is 11.2. The molecule has 1 saturated heterocycles. The topological polar surface area (TPSA) is 66.8 Å². The van der Waals surface area contributed by atoms with Crippen molar-refractivity contribution in [1.82, 2.24) is 4.90 Å². The van der Waals surface area contributed by atoms with E-state index < -0.39 is 23.7 Å². The van der Waals surface area contributed by atoms with Gasteiger partial charge in [-0.15, -0.1) is 0 Å². The van der Waals surface area contributed by atoms with Crippen molar-refractivity contribution in [3.63, 3.8) is 0 Å². The van der Waals surface area contributed by atoms with E-state index in [4.69, 9.17) is 4.74 Å². The minimum atomic E-state index is -0.926. The normalized spacial score (nSPS) is 25.9. The molecule has 1 atom stereocenters. The van der Waals surface area contributed by atoms with E-state index in [1.807, 2.05) is 0 Å². The van der Waals surface area contributed by atoms with Crippen LogP contribution in [0.1, 0.15) is 52.9 Å². The maximum Gasteiger partial charge on any atom is 0.411 e. The molecule has 0 aromatic heterocycles. The van der Waals surface area contributed by atoms with E-state index in [0.717, 1.165) is 25.7 Å². The van der Waals surface area contributed by atoms with E-state index in [9.17, 15) is 14.7 Å². The molecule has 1 heterocycles. The fourth-order valence-corrected chi connectivity index (χ4v) is 2.93. The highest BCUT2D eigenvalue weighted by Crippen LogP contribution is 2.48. The molecule has 1 unspecified atom stereocenters. The van der Waals surface area contributed by atoms with Crippen LogP contribution in [0.5, 0.6) is 0 Å². The first kappa shape index (κ1) is 13.2. The van der Waals surface area contributed by atoms with Crippen molar-refractivity contribution in [2.75, 3.05) is 0 Å². The van der Waals surface area contributed by atoms with Gasteiger partial charge in [-0.2, -0.15) is 0 Å². The first-order valence-electron chi connectivity index (χ1n) is 6.50. The van der Waals surface area contributed by atoms with Gasteiger partial charge in [-0.25, -0.2) is 9.59 Å².